The molecule has 0 saturated heterocycles. The van der Waals surface area contributed by atoms with Crippen LogP contribution in [-0.2, 0) is 12.1 Å². The van der Waals surface area contributed by atoms with Gasteiger partial charge in [-0.1, -0.05) is 13.0 Å². The third kappa shape index (κ3) is 3.09. The summed E-state index contributed by atoms with van der Waals surface area (Å²) in [6.07, 6.45) is 5.81. The lowest BCUT2D eigenvalue weighted by Gasteiger charge is -2.25. The largest absolute Gasteiger partial charge is 0.493 e. The number of rotatable bonds is 7. The van der Waals surface area contributed by atoms with E-state index in [0.717, 1.165) is 25.1 Å². The first-order valence-electron chi connectivity index (χ1n) is 6.00. The van der Waals surface area contributed by atoms with Crippen molar-refractivity contribution in [2.45, 2.75) is 45.3 Å². The minimum absolute atomic E-state index is 0.613. The van der Waals surface area contributed by atoms with Gasteiger partial charge in [0, 0.05) is 6.54 Å². The summed E-state index contributed by atoms with van der Waals surface area (Å²) in [6, 6.07) is 0. The number of methoxy groups -OCH3 is 1. The Hall–Kier alpha value is -1.29. The van der Waals surface area contributed by atoms with Crippen LogP contribution in [0.4, 0.5) is 0 Å². The first kappa shape index (κ1) is 13.8. The summed E-state index contributed by atoms with van der Waals surface area (Å²) in [5.41, 5.74) is -0.186. The topological polar surface area (TPSA) is 47.3 Å². The van der Waals surface area contributed by atoms with Crippen LogP contribution >= 0.6 is 0 Å². The number of hydrogen-bond donors (Lipinski definition) is 1. The van der Waals surface area contributed by atoms with E-state index in [-0.39, 0.29) is 0 Å². The van der Waals surface area contributed by atoms with Crippen LogP contribution in [0.5, 0.6) is 5.75 Å². The zero-order chi connectivity index (χ0) is 12.9. The fraction of sp³-hybridized carbons (Fsp3) is 0.615. The Morgan fingerprint density at radius 3 is 2.88 bits per heavy atom. The Morgan fingerprint density at radius 2 is 2.35 bits per heavy atom. The van der Waals surface area contributed by atoms with Gasteiger partial charge in [-0.15, -0.1) is 6.58 Å². The summed E-state index contributed by atoms with van der Waals surface area (Å²) in [5, 5.41) is 14.8. The average molecular weight is 238 g/mol. The minimum atomic E-state index is -0.939. The van der Waals surface area contributed by atoms with Crippen molar-refractivity contribution in [1.29, 1.82) is 0 Å². The lowest BCUT2D eigenvalue weighted by atomic mass is 9.95. The molecule has 4 heteroatoms. The number of nitrogens with zero attached hydrogens (tertiary/aromatic N) is 2. The number of hydrogen-bond acceptors (Lipinski definition) is 3. The fourth-order valence-electron chi connectivity index (χ4n) is 1.94. The first-order chi connectivity index (χ1) is 8.06. The van der Waals surface area contributed by atoms with E-state index in [9.17, 15) is 5.11 Å². The predicted octanol–water partition coefficient (Wildman–Crippen LogP) is 2.48. The molecule has 1 N–H and O–H groups in total. The summed E-state index contributed by atoms with van der Waals surface area (Å²) >= 11 is 0. The molecule has 0 aromatic carbocycles. The van der Waals surface area contributed by atoms with Crippen LogP contribution in [0.15, 0.2) is 18.9 Å². The lowest BCUT2D eigenvalue weighted by Crippen LogP contribution is -2.26. The Labute approximate surface area is 103 Å². The number of aromatic nitrogens is 2. The number of aliphatic hydroxyl groups is 1. The van der Waals surface area contributed by atoms with E-state index in [4.69, 9.17) is 4.74 Å². The van der Waals surface area contributed by atoms with E-state index in [1.807, 2.05) is 10.8 Å². The fourth-order valence-corrected chi connectivity index (χ4v) is 1.94. The predicted molar refractivity (Wildman–Crippen MR) is 68.1 cm³/mol. The van der Waals surface area contributed by atoms with Crippen molar-refractivity contribution in [3.8, 4) is 5.75 Å². The molecule has 1 atom stereocenters. The van der Waals surface area contributed by atoms with E-state index in [1.165, 1.54) is 0 Å². The van der Waals surface area contributed by atoms with Crippen molar-refractivity contribution in [2.75, 3.05) is 7.11 Å². The van der Waals surface area contributed by atoms with Gasteiger partial charge in [-0.2, -0.15) is 5.10 Å². The number of ether oxygens (including phenoxy) is 1. The van der Waals surface area contributed by atoms with E-state index >= 15 is 0 Å². The van der Waals surface area contributed by atoms with Crippen LogP contribution in [0.1, 0.15) is 38.8 Å². The summed E-state index contributed by atoms with van der Waals surface area (Å²) in [5.74, 6) is 0.646. The Kier molecular flexibility index (Phi) is 4.75. The van der Waals surface area contributed by atoms with Gasteiger partial charge in [0.2, 0.25) is 0 Å². The minimum Gasteiger partial charge on any atom is -0.493 e. The Bertz CT molecular complexity index is 369. The molecule has 17 heavy (non-hydrogen) atoms. The molecule has 4 nitrogen and oxygen atoms in total. The average Bonchev–Trinajstić information content (AvgIpc) is 2.71. The second-order valence-electron chi connectivity index (χ2n) is 4.39. The van der Waals surface area contributed by atoms with E-state index < -0.39 is 5.60 Å². The zero-order valence-electron chi connectivity index (χ0n) is 10.9. The van der Waals surface area contributed by atoms with Crippen molar-refractivity contribution in [2.24, 2.45) is 0 Å². The number of allylic oxidation sites excluding steroid dienone is 1. The van der Waals surface area contributed by atoms with E-state index in [2.05, 4.69) is 18.6 Å². The molecule has 96 valence electrons. The van der Waals surface area contributed by atoms with Gasteiger partial charge in [0.25, 0.3) is 0 Å². The molecule has 1 aromatic rings. The van der Waals surface area contributed by atoms with Crippen molar-refractivity contribution < 1.29 is 9.84 Å². The molecule has 0 amide bonds. The third-order valence-corrected chi connectivity index (χ3v) is 2.81. The summed E-state index contributed by atoms with van der Waals surface area (Å²) < 4.78 is 7.09. The third-order valence-electron chi connectivity index (χ3n) is 2.81. The maximum absolute atomic E-state index is 10.5. The van der Waals surface area contributed by atoms with Crippen LogP contribution < -0.4 is 4.74 Å². The zero-order valence-corrected chi connectivity index (χ0v) is 10.9. The molecule has 1 aromatic heterocycles. The van der Waals surface area contributed by atoms with E-state index in [1.54, 1.807) is 20.2 Å². The van der Waals surface area contributed by atoms with Gasteiger partial charge in [-0.3, -0.25) is 4.68 Å². The van der Waals surface area contributed by atoms with Gasteiger partial charge < -0.3 is 9.84 Å². The highest BCUT2D eigenvalue weighted by molar-refractivity contribution is 5.30. The first-order valence-corrected chi connectivity index (χ1v) is 6.00. The molecule has 0 aliphatic carbocycles. The van der Waals surface area contributed by atoms with Crippen molar-refractivity contribution in [1.82, 2.24) is 9.78 Å². The van der Waals surface area contributed by atoms with Gasteiger partial charge in [0.1, 0.15) is 11.3 Å². The van der Waals surface area contributed by atoms with Gasteiger partial charge in [0.05, 0.1) is 13.3 Å². The Balaban J connectivity index is 3.06. The molecule has 1 rings (SSSR count). The smallest absolute Gasteiger partial charge is 0.162 e. The van der Waals surface area contributed by atoms with Crippen LogP contribution in [0, 0.1) is 0 Å². The van der Waals surface area contributed by atoms with Crippen LogP contribution in [0.2, 0.25) is 0 Å². The lowest BCUT2D eigenvalue weighted by molar-refractivity contribution is 0.0367. The van der Waals surface area contributed by atoms with Gasteiger partial charge >= 0.3 is 0 Å². The van der Waals surface area contributed by atoms with Crippen LogP contribution in [0.3, 0.4) is 0 Å². The second-order valence-corrected chi connectivity index (χ2v) is 4.39. The van der Waals surface area contributed by atoms with Gasteiger partial charge in [-0.25, -0.2) is 0 Å². The SMILES string of the molecule is C=CCCC(C)(O)c1c(OC)cnn1CCC. The maximum atomic E-state index is 10.5. The molecular weight excluding hydrogens is 216 g/mol. The molecule has 0 saturated carbocycles. The molecular formula is C13H22N2O2. The molecule has 1 heterocycles. The normalized spacial score (nSPS) is 14.4. The quantitative estimate of drug-likeness (QED) is 0.742. The monoisotopic (exact) mass is 238 g/mol. The summed E-state index contributed by atoms with van der Waals surface area (Å²) in [6.45, 7) is 8.34. The maximum Gasteiger partial charge on any atom is 0.162 e. The molecule has 0 fully saturated rings. The van der Waals surface area contributed by atoms with Gasteiger partial charge in [0.15, 0.2) is 5.75 Å². The second kappa shape index (κ2) is 5.87. The highest BCUT2D eigenvalue weighted by atomic mass is 16.5. The summed E-state index contributed by atoms with van der Waals surface area (Å²) in [4.78, 5) is 0. The summed E-state index contributed by atoms with van der Waals surface area (Å²) in [7, 11) is 1.60. The number of aryl methyl sites for hydroxylation is 1. The molecule has 1 unspecified atom stereocenters. The highest BCUT2D eigenvalue weighted by Gasteiger charge is 2.30. The van der Waals surface area contributed by atoms with Crippen LogP contribution in [-0.4, -0.2) is 22.0 Å². The molecule has 0 spiro atoms. The molecule has 0 radical (unpaired) electrons. The van der Waals surface area contributed by atoms with Crippen molar-refractivity contribution >= 4 is 0 Å². The molecule has 0 aliphatic rings. The highest BCUT2D eigenvalue weighted by Crippen LogP contribution is 2.33. The molecule has 0 aliphatic heterocycles. The van der Waals surface area contributed by atoms with Crippen molar-refractivity contribution in [3.63, 3.8) is 0 Å². The Morgan fingerprint density at radius 1 is 1.65 bits per heavy atom. The van der Waals surface area contributed by atoms with Gasteiger partial charge in [-0.05, 0) is 26.2 Å². The molecule has 0 bridgehead atoms. The van der Waals surface area contributed by atoms with Crippen molar-refractivity contribution in [3.05, 3.63) is 24.5 Å². The van der Waals surface area contributed by atoms with Crippen LogP contribution in [0.25, 0.3) is 0 Å². The standard InChI is InChI=1S/C13H22N2O2/c1-5-7-8-13(3,16)12-11(17-4)10-14-15(12)9-6-2/h5,10,16H,1,6-9H2,2-4H3. The van der Waals surface area contributed by atoms with E-state index in [0.29, 0.717) is 12.2 Å².